The number of nitrogens with one attached hydrogen (secondary N) is 1. The molecule has 2 heterocycles. The average Bonchev–Trinajstić information content (AvgIpc) is 3.32. The highest BCUT2D eigenvalue weighted by atomic mass is 16.5. The first kappa shape index (κ1) is 16.9. The van der Waals surface area contributed by atoms with Crippen molar-refractivity contribution in [3.8, 4) is 5.88 Å². The van der Waals surface area contributed by atoms with Gasteiger partial charge in [0.2, 0.25) is 5.88 Å². The molecule has 5 rings (SSSR count). The molecule has 0 radical (unpaired) electrons. The molecule has 5 heteroatoms. The Hall–Kier alpha value is -2.56. The van der Waals surface area contributed by atoms with Crippen molar-refractivity contribution in [3.05, 3.63) is 48.2 Å². The van der Waals surface area contributed by atoms with E-state index in [1.807, 2.05) is 36.4 Å². The normalized spacial score (nSPS) is 17.5. The quantitative estimate of drug-likeness (QED) is 0.708. The standard InChI is InChI=1S/C13H12N4O.C8H14/c14-12-11-10(16-17-12)6-7-15-13(11)18-8-9-4-2-1-3-5-9;1-2-4-8(5-3-1)6-7-8/h1-7H,8H2,(H3,14,16,17);1-7H2. The molecule has 1 aromatic carbocycles. The fraction of sp³-hybridized carbons (Fsp3) is 0.429. The number of aromatic amines is 1. The van der Waals surface area contributed by atoms with Gasteiger partial charge >= 0.3 is 0 Å². The van der Waals surface area contributed by atoms with Crippen molar-refractivity contribution in [2.45, 2.75) is 51.6 Å². The Kier molecular flexibility index (Phi) is 4.78. The Morgan fingerprint density at radius 1 is 1.00 bits per heavy atom. The van der Waals surface area contributed by atoms with Crippen molar-refractivity contribution in [1.29, 1.82) is 0 Å². The number of hydrogen-bond acceptors (Lipinski definition) is 4. The zero-order valence-electron chi connectivity index (χ0n) is 15.1. The molecule has 2 aliphatic rings. The summed E-state index contributed by atoms with van der Waals surface area (Å²) in [6.45, 7) is 0.456. The van der Waals surface area contributed by atoms with Gasteiger partial charge in [-0.05, 0) is 42.7 Å². The van der Waals surface area contributed by atoms with Crippen molar-refractivity contribution in [2.24, 2.45) is 5.41 Å². The number of hydrogen-bond donors (Lipinski definition) is 2. The second kappa shape index (κ2) is 7.36. The molecule has 1 spiro atoms. The third-order valence-electron chi connectivity index (χ3n) is 5.56. The molecule has 0 bridgehead atoms. The van der Waals surface area contributed by atoms with Crippen LogP contribution in [0.15, 0.2) is 42.6 Å². The van der Waals surface area contributed by atoms with Crippen LogP contribution in [-0.4, -0.2) is 15.2 Å². The summed E-state index contributed by atoms with van der Waals surface area (Å²) in [7, 11) is 0. The average molecular weight is 350 g/mol. The van der Waals surface area contributed by atoms with Crippen LogP contribution in [-0.2, 0) is 6.61 Å². The predicted molar refractivity (Wildman–Crippen MR) is 104 cm³/mol. The number of fused-ring (bicyclic) bond motifs is 1. The van der Waals surface area contributed by atoms with E-state index in [1.54, 1.807) is 31.9 Å². The second-order valence-electron chi connectivity index (χ2n) is 7.48. The van der Waals surface area contributed by atoms with Crippen LogP contribution >= 0.6 is 0 Å². The van der Waals surface area contributed by atoms with Crippen LogP contribution in [0.4, 0.5) is 5.82 Å². The number of benzene rings is 1. The van der Waals surface area contributed by atoms with E-state index in [-0.39, 0.29) is 0 Å². The van der Waals surface area contributed by atoms with Crippen molar-refractivity contribution in [3.63, 3.8) is 0 Å². The minimum absolute atomic E-state index is 0.404. The zero-order valence-corrected chi connectivity index (χ0v) is 15.1. The molecular formula is C21H26N4O. The molecular weight excluding hydrogens is 324 g/mol. The summed E-state index contributed by atoms with van der Waals surface area (Å²) in [5.74, 6) is 0.906. The van der Waals surface area contributed by atoms with Crippen molar-refractivity contribution in [2.75, 3.05) is 5.73 Å². The molecule has 5 nitrogen and oxygen atoms in total. The van der Waals surface area contributed by atoms with Crippen molar-refractivity contribution >= 4 is 16.7 Å². The van der Waals surface area contributed by atoms with Crippen LogP contribution in [0.1, 0.15) is 50.5 Å². The predicted octanol–water partition coefficient (Wildman–Crippen LogP) is 4.85. The van der Waals surface area contributed by atoms with Gasteiger partial charge in [0.25, 0.3) is 0 Å². The van der Waals surface area contributed by atoms with Gasteiger partial charge in [0.15, 0.2) is 5.82 Å². The number of anilines is 1. The molecule has 0 aliphatic heterocycles. The Balaban J connectivity index is 0.000000174. The molecule has 2 fully saturated rings. The molecule has 0 unspecified atom stereocenters. The third-order valence-corrected chi connectivity index (χ3v) is 5.56. The van der Waals surface area contributed by atoms with E-state index in [4.69, 9.17) is 10.5 Å². The molecule has 26 heavy (non-hydrogen) atoms. The summed E-state index contributed by atoms with van der Waals surface area (Å²) >= 11 is 0. The molecule has 2 aromatic heterocycles. The molecule has 0 amide bonds. The Bertz CT molecular complexity index is 847. The molecule has 0 atom stereocenters. The molecule has 0 saturated heterocycles. The fourth-order valence-corrected chi connectivity index (χ4v) is 3.77. The lowest BCUT2D eigenvalue weighted by Crippen LogP contribution is -2.05. The smallest absolute Gasteiger partial charge is 0.227 e. The summed E-state index contributed by atoms with van der Waals surface area (Å²) in [5, 5.41) is 7.51. The van der Waals surface area contributed by atoms with Gasteiger partial charge in [-0.25, -0.2) is 4.98 Å². The SMILES string of the molecule is C1CCC2(CC1)CC2.Nc1n[nH]c2ccnc(OCc3ccccc3)c12. The largest absolute Gasteiger partial charge is 0.472 e. The van der Waals surface area contributed by atoms with E-state index in [0.29, 0.717) is 18.3 Å². The van der Waals surface area contributed by atoms with E-state index in [9.17, 15) is 0 Å². The maximum atomic E-state index is 5.78. The number of ether oxygens (including phenoxy) is 1. The Morgan fingerprint density at radius 3 is 2.46 bits per heavy atom. The number of nitrogens with two attached hydrogens (primary N) is 1. The molecule has 3 aromatic rings. The number of pyridine rings is 1. The Morgan fingerprint density at radius 2 is 1.77 bits per heavy atom. The molecule has 136 valence electrons. The van der Waals surface area contributed by atoms with Gasteiger partial charge < -0.3 is 10.5 Å². The van der Waals surface area contributed by atoms with E-state index in [1.165, 1.54) is 19.3 Å². The number of nitrogens with zero attached hydrogens (tertiary/aromatic N) is 2. The van der Waals surface area contributed by atoms with Gasteiger partial charge in [0, 0.05) is 6.20 Å². The number of nitrogen functional groups attached to an aromatic ring is 1. The Labute approximate surface area is 154 Å². The fourth-order valence-electron chi connectivity index (χ4n) is 3.77. The van der Waals surface area contributed by atoms with E-state index in [2.05, 4.69) is 15.2 Å². The van der Waals surface area contributed by atoms with E-state index >= 15 is 0 Å². The summed E-state index contributed by atoms with van der Waals surface area (Å²) in [6.07, 6.45) is 12.5. The first-order valence-corrected chi connectivity index (χ1v) is 9.51. The van der Waals surface area contributed by atoms with Crippen LogP contribution in [0.2, 0.25) is 0 Å². The van der Waals surface area contributed by atoms with Gasteiger partial charge in [0.1, 0.15) is 12.0 Å². The van der Waals surface area contributed by atoms with Crippen molar-refractivity contribution in [1.82, 2.24) is 15.2 Å². The number of aromatic nitrogens is 3. The van der Waals surface area contributed by atoms with Crippen LogP contribution in [0.5, 0.6) is 5.88 Å². The highest BCUT2D eigenvalue weighted by molar-refractivity contribution is 5.92. The van der Waals surface area contributed by atoms with Gasteiger partial charge in [-0.2, -0.15) is 5.10 Å². The minimum Gasteiger partial charge on any atom is -0.472 e. The lowest BCUT2D eigenvalue weighted by Gasteiger charge is -2.19. The van der Waals surface area contributed by atoms with Gasteiger partial charge in [-0.15, -0.1) is 0 Å². The highest BCUT2D eigenvalue weighted by Gasteiger charge is 2.42. The summed E-state index contributed by atoms with van der Waals surface area (Å²) in [6, 6.07) is 11.7. The van der Waals surface area contributed by atoms with Crippen LogP contribution in [0.25, 0.3) is 10.9 Å². The molecule has 2 aliphatic carbocycles. The number of rotatable bonds is 3. The van der Waals surface area contributed by atoms with Gasteiger partial charge in [-0.3, -0.25) is 5.10 Å². The summed E-state index contributed by atoms with van der Waals surface area (Å²) in [5.41, 5.74) is 8.62. The van der Waals surface area contributed by atoms with Gasteiger partial charge in [0.05, 0.1) is 5.52 Å². The van der Waals surface area contributed by atoms with Crippen LogP contribution < -0.4 is 10.5 Å². The lowest BCUT2D eigenvalue weighted by atomic mass is 9.87. The zero-order chi connectivity index (χ0) is 17.8. The monoisotopic (exact) mass is 350 g/mol. The third kappa shape index (κ3) is 3.82. The summed E-state index contributed by atoms with van der Waals surface area (Å²) < 4.78 is 5.69. The van der Waals surface area contributed by atoms with E-state index in [0.717, 1.165) is 21.9 Å². The highest BCUT2D eigenvalue weighted by Crippen LogP contribution is 2.55. The van der Waals surface area contributed by atoms with Crippen molar-refractivity contribution < 1.29 is 4.74 Å². The molecule has 3 N–H and O–H groups in total. The van der Waals surface area contributed by atoms with Gasteiger partial charge in [-0.1, -0.05) is 49.6 Å². The van der Waals surface area contributed by atoms with Crippen LogP contribution in [0.3, 0.4) is 0 Å². The maximum absolute atomic E-state index is 5.78. The lowest BCUT2D eigenvalue weighted by molar-refractivity contribution is 0.298. The first-order chi connectivity index (χ1) is 12.8. The molecule has 2 saturated carbocycles. The number of H-pyrrole nitrogens is 1. The summed E-state index contributed by atoms with van der Waals surface area (Å²) in [4.78, 5) is 4.19. The first-order valence-electron chi connectivity index (χ1n) is 9.51. The minimum atomic E-state index is 0.404. The maximum Gasteiger partial charge on any atom is 0.227 e. The van der Waals surface area contributed by atoms with Crippen LogP contribution in [0, 0.1) is 5.41 Å². The van der Waals surface area contributed by atoms with E-state index < -0.39 is 0 Å². The topological polar surface area (TPSA) is 76.8 Å². The second-order valence-corrected chi connectivity index (χ2v) is 7.48.